The van der Waals surface area contributed by atoms with Crippen molar-refractivity contribution in [1.82, 2.24) is 5.32 Å². The van der Waals surface area contributed by atoms with Gasteiger partial charge in [0.25, 0.3) is 0 Å². The fraction of sp³-hybridized carbons (Fsp3) is 0.222. The Balaban J connectivity index is 2.88. The van der Waals surface area contributed by atoms with Gasteiger partial charge in [0.05, 0.1) is 5.69 Å². The predicted octanol–water partition coefficient (Wildman–Crippen LogP) is 0.694. The molecule has 0 fully saturated rings. The third kappa shape index (κ3) is 4.22. The van der Waals surface area contributed by atoms with E-state index in [0.717, 1.165) is 0 Å². The van der Waals surface area contributed by atoms with Gasteiger partial charge in [0.2, 0.25) is 10.0 Å². The fourth-order valence-electron chi connectivity index (χ4n) is 1.15. The molecule has 8 heteroatoms. The highest BCUT2D eigenvalue weighted by atomic mass is 35.5. The van der Waals surface area contributed by atoms with E-state index in [1.165, 1.54) is 18.2 Å². The van der Waals surface area contributed by atoms with Crippen LogP contribution in [0.3, 0.4) is 0 Å². The van der Waals surface area contributed by atoms with E-state index in [4.69, 9.17) is 16.7 Å². The highest BCUT2D eigenvalue weighted by Crippen LogP contribution is 2.18. The molecule has 0 atom stereocenters. The van der Waals surface area contributed by atoms with E-state index < -0.39 is 16.1 Å². The van der Waals surface area contributed by atoms with Crippen molar-refractivity contribution in [3.8, 4) is 0 Å². The third-order valence-corrected chi connectivity index (χ3v) is 2.98. The number of amides is 2. The number of urea groups is 1. The summed E-state index contributed by atoms with van der Waals surface area (Å²) in [4.78, 5) is 11.2. The minimum atomic E-state index is -3.87. The minimum absolute atomic E-state index is 0.127. The zero-order valence-electron chi connectivity index (χ0n) is 8.81. The minimum Gasteiger partial charge on any atom is -0.337 e. The quantitative estimate of drug-likeness (QED) is 0.706. The summed E-state index contributed by atoms with van der Waals surface area (Å²) < 4.78 is 22.5. The summed E-state index contributed by atoms with van der Waals surface area (Å²) in [5.74, 6) is 0.268. The molecule has 0 spiro atoms. The normalized spacial score (nSPS) is 10.9. The summed E-state index contributed by atoms with van der Waals surface area (Å²) >= 11 is 5.39. The summed E-state index contributed by atoms with van der Waals surface area (Å²) in [6.45, 7) is 0.283. The Bertz CT molecular complexity index is 504. The first-order valence-corrected chi connectivity index (χ1v) is 6.76. The molecule has 0 heterocycles. The van der Waals surface area contributed by atoms with Gasteiger partial charge >= 0.3 is 6.03 Å². The first-order valence-electron chi connectivity index (χ1n) is 4.68. The molecule has 2 amide bonds. The van der Waals surface area contributed by atoms with E-state index in [9.17, 15) is 13.2 Å². The fourth-order valence-corrected chi connectivity index (χ4v) is 1.93. The first kappa shape index (κ1) is 13.8. The number of benzene rings is 1. The Labute approximate surface area is 104 Å². The van der Waals surface area contributed by atoms with Crippen LogP contribution in [-0.4, -0.2) is 26.9 Å². The average Bonchev–Trinajstić information content (AvgIpc) is 2.25. The number of carbonyl (C=O) groups is 1. The smallest absolute Gasteiger partial charge is 0.319 e. The van der Waals surface area contributed by atoms with Crippen molar-refractivity contribution in [1.29, 1.82) is 0 Å². The molecule has 94 valence electrons. The Kier molecular flexibility index (Phi) is 4.73. The van der Waals surface area contributed by atoms with Crippen molar-refractivity contribution >= 4 is 33.3 Å². The number of hydrogen-bond acceptors (Lipinski definition) is 3. The van der Waals surface area contributed by atoms with Gasteiger partial charge in [0, 0.05) is 12.4 Å². The molecule has 0 bridgehead atoms. The SMILES string of the molecule is NS(=O)(=O)c1ccccc1NC(=O)NCCCl. The summed E-state index contributed by atoms with van der Waals surface area (Å²) in [5.41, 5.74) is 0.127. The van der Waals surface area contributed by atoms with Gasteiger partial charge in [0.1, 0.15) is 4.90 Å². The number of halogens is 1. The lowest BCUT2D eigenvalue weighted by atomic mass is 10.3. The predicted molar refractivity (Wildman–Crippen MR) is 65.6 cm³/mol. The van der Waals surface area contributed by atoms with Gasteiger partial charge in [-0.05, 0) is 12.1 Å². The molecule has 0 saturated carbocycles. The van der Waals surface area contributed by atoms with Crippen LogP contribution in [0.4, 0.5) is 10.5 Å². The zero-order chi connectivity index (χ0) is 12.9. The van der Waals surface area contributed by atoms with Crippen LogP contribution < -0.4 is 15.8 Å². The highest BCUT2D eigenvalue weighted by molar-refractivity contribution is 7.89. The van der Waals surface area contributed by atoms with Gasteiger partial charge in [-0.15, -0.1) is 11.6 Å². The maximum atomic E-state index is 11.3. The van der Waals surface area contributed by atoms with Gasteiger partial charge < -0.3 is 10.6 Å². The Morgan fingerprint density at radius 3 is 2.59 bits per heavy atom. The van der Waals surface area contributed by atoms with Crippen LogP contribution in [0.25, 0.3) is 0 Å². The largest absolute Gasteiger partial charge is 0.337 e. The number of primary sulfonamides is 1. The van der Waals surface area contributed by atoms with Crippen molar-refractivity contribution < 1.29 is 13.2 Å². The number of rotatable bonds is 4. The summed E-state index contributed by atoms with van der Waals surface area (Å²) in [6, 6.07) is 5.32. The number of para-hydroxylation sites is 1. The molecule has 0 aliphatic rings. The van der Waals surface area contributed by atoms with Crippen molar-refractivity contribution in [2.24, 2.45) is 5.14 Å². The molecule has 0 aliphatic carbocycles. The van der Waals surface area contributed by atoms with Crippen molar-refractivity contribution in [3.05, 3.63) is 24.3 Å². The molecule has 1 rings (SSSR count). The molecule has 0 aromatic heterocycles. The van der Waals surface area contributed by atoms with E-state index in [1.54, 1.807) is 6.07 Å². The Morgan fingerprint density at radius 1 is 1.35 bits per heavy atom. The van der Waals surface area contributed by atoms with Crippen LogP contribution in [0, 0.1) is 0 Å². The second kappa shape index (κ2) is 5.85. The number of alkyl halides is 1. The summed E-state index contributed by atoms with van der Waals surface area (Å²) in [5, 5.41) is 9.84. The van der Waals surface area contributed by atoms with Crippen LogP contribution in [0.5, 0.6) is 0 Å². The van der Waals surface area contributed by atoms with Crippen molar-refractivity contribution in [2.45, 2.75) is 4.90 Å². The molecule has 0 unspecified atom stereocenters. The molecular weight excluding hydrogens is 266 g/mol. The van der Waals surface area contributed by atoms with Gasteiger partial charge in [-0.3, -0.25) is 0 Å². The topological polar surface area (TPSA) is 101 Å². The molecule has 0 radical (unpaired) electrons. The van der Waals surface area contributed by atoms with Gasteiger partial charge in [0.15, 0.2) is 0 Å². The number of nitrogens with two attached hydrogens (primary N) is 1. The standard InChI is InChI=1S/C9H12ClN3O3S/c10-5-6-12-9(14)13-7-3-1-2-4-8(7)17(11,15)16/h1-4H,5-6H2,(H2,11,15,16)(H2,12,13,14). The molecule has 6 nitrogen and oxygen atoms in total. The Hall–Kier alpha value is -1.31. The van der Waals surface area contributed by atoms with Crippen molar-refractivity contribution in [3.63, 3.8) is 0 Å². The number of sulfonamides is 1. The van der Waals surface area contributed by atoms with Crippen LogP contribution in [0.2, 0.25) is 0 Å². The number of anilines is 1. The first-order chi connectivity index (χ1) is 7.95. The molecule has 17 heavy (non-hydrogen) atoms. The molecular formula is C9H12ClN3O3S. The number of hydrogen-bond donors (Lipinski definition) is 3. The molecule has 0 aliphatic heterocycles. The Morgan fingerprint density at radius 2 is 2.00 bits per heavy atom. The highest BCUT2D eigenvalue weighted by Gasteiger charge is 2.14. The van der Waals surface area contributed by atoms with Crippen LogP contribution >= 0.6 is 11.6 Å². The molecule has 1 aromatic rings. The lowest BCUT2D eigenvalue weighted by Gasteiger charge is -2.09. The number of nitrogens with one attached hydrogen (secondary N) is 2. The lowest BCUT2D eigenvalue weighted by molar-refractivity contribution is 0.252. The van der Waals surface area contributed by atoms with E-state index >= 15 is 0 Å². The van der Waals surface area contributed by atoms with Crippen LogP contribution in [0.15, 0.2) is 29.2 Å². The summed E-state index contributed by atoms with van der Waals surface area (Å²) in [7, 11) is -3.87. The van der Waals surface area contributed by atoms with Crippen LogP contribution in [-0.2, 0) is 10.0 Å². The van der Waals surface area contributed by atoms with E-state index in [2.05, 4.69) is 10.6 Å². The molecule has 1 aromatic carbocycles. The molecule has 0 saturated heterocycles. The third-order valence-electron chi connectivity index (χ3n) is 1.82. The van der Waals surface area contributed by atoms with Crippen LogP contribution in [0.1, 0.15) is 0 Å². The van der Waals surface area contributed by atoms with Gasteiger partial charge in [-0.25, -0.2) is 18.4 Å². The van der Waals surface area contributed by atoms with E-state index in [1.807, 2.05) is 0 Å². The second-order valence-electron chi connectivity index (χ2n) is 3.11. The zero-order valence-corrected chi connectivity index (χ0v) is 10.4. The van der Waals surface area contributed by atoms with Gasteiger partial charge in [-0.1, -0.05) is 12.1 Å². The number of carbonyl (C=O) groups excluding carboxylic acids is 1. The van der Waals surface area contributed by atoms with Crippen molar-refractivity contribution in [2.75, 3.05) is 17.7 Å². The maximum absolute atomic E-state index is 11.3. The second-order valence-corrected chi connectivity index (χ2v) is 5.02. The van der Waals surface area contributed by atoms with E-state index in [-0.39, 0.29) is 23.0 Å². The average molecular weight is 278 g/mol. The van der Waals surface area contributed by atoms with Gasteiger partial charge in [-0.2, -0.15) is 0 Å². The summed E-state index contributed by atoms with van der Waals surface area (Å²) in [6.07, 6.45) is 0. The maximum Gasteiger partial charge on any atom is 0.319 e. The lowest BCUT2D eigenvalue weighted by Crippen LogP contribution is -2.31. The monoisotopic (exact) mass is 277 g/mol. The molecule has 4 N–H and O–H groups in total. The van der Waals surface area contributed by atoms with E-state index in [0.29, 0.717) is 0 Å².